The number of hydrogen-bond acceptors (Lipinski definition) is 4. The zero-order valence-corrected chi connectivity index (χ0v) is 9.95. The Kier molecular flexibility index (Phi) is 2.32. The molecule has 3 rings (SSSR count). The van der Waals surface area contributed by atoms with Crippen LogP contribution >= 0.6 is 0 Å². The smallest absolute Gasteiger partial charge is 0.136 e. The lowest BCUT2D eigenvalue weighted by Crippen LogP contribution is -2.19. The summed E-state index contributed by atoms with van der Waals surface area (Å²) in [5.74, 6) is 2.79. The first kappa shape index (κ1) is 10.0. The molecule has 1 aliphatic heterocycles. The van der Waals surface area contributed by atoms with Crippen molar-refractivity contribution in [2.24, 2.45) is 0 Å². The standard InChI is InChI=1S/C12H18N4/c1-16(2)12-9-6-13-7-10(9)14-11(15-12)8-4-3-5-8/h8,13H,3-7H2,1-2H3. The van der Waals surface area contributed by atoms with Crippen LogP contribution < -0.4 is 10.2 Å². The molecule has 0 bridgehead atoms. The van der Waals surface area contributed by atoms with Crippen LogP contribution in [-0.2, 0) is 13.1 Å². The van der Waals surface area contributed by atoms with Crippen molar-refractivity contribution < 1.29 is 0 Å². The Morgan fingerprint density at radius 2 is 2.00 bits per heavy atom. The predicted octanol–water partition coefficient (Wildman–Crippen LogP) is 1.41. The molecule has 16 heavy (non-hydrogen) atoms. The molecular formula is C12H18N4. The molecule has 0 radical (unpaired) electrons. The van der Waals surface area contributed by atoms with E-state index in [-0.39, 0.29) is 0 Å². The molecule has 1 saturated carbocycles. The quantitative estimate of drug-likeness (QED) is 0.815. The van der Waals surface area contributed by atoms with Crippen molar-refractivity contribution in [3.05, 3.63) is 17.1 Å². The first-order valence-corrected chi connectivity index (χ1v) is 6.03. The molecule has 4 nitrogen and oxygen atoms in total. The fourth-order valence-corrected chi connectivity index (χ4v) is 2.39. The number of rotatable bonds is 2. The molecule has 0 atom stereocenters. The molecule has 1 N–H and O–H groups in total. The van der Waals surface area contributed by atoms with Crippen LogP contribution in [0.25, 0.3) is 0 Å². The minimum atomic E-state index is 0.615. The maximum absolute atomic E-state index is 4.74. The first-order valence-electron chi connectivity index (χ1n) is 6.03. The van der Waals surface area contributed by atoms with Gasteiger partial charge in [-0.2, -0.15) is 0 Å². The first-order chi connectivity index (χ1) is 7.75. The maximum Gasteiger partial charge on any atom is 0.136 e. The van der Waals surface area contributed by atoms with Crippen molar-refractivity contribution >= 4 is 5.82 Å². The summed E-state index contributed by atoms with van der Waals surface area (Å²) in [5.41, 5.74) is 2.49. The van der Waals surface area contributed by atoms with Gasteiger partial charge in [0, 0.05) is 38.7 Å². The van der Waals surface area contributed by atoms with Crippen LogP contribution in [0, 0.1) is 0 Å². The Morgan fingerprint density at radius 1 is 1.19 bits per heavy atom. The van der Waals surface area contributed by atoms with Gasteiger partial charge in [-0.05, 0) is 12.8 Å². The van der Waals surface area contributed by atoms with Crippen molar-refractivity contribution in [2.75, 3.05) is 19.0 Å². The third-order valence-corrected chi connectivity index (χ3v) is 3.58. The molecule has 1 aliphatic carbocycles. The van der Waals surface area contributed by atoms with Crippen molar-refractivity contribution in [2.45, 2.75) is 38.3 Å². The van der Waals surface area contributed by atoms with Crippen LogP contribution in [0.1, 0.15) is 42.3 Å². The van der Waals surface area contributed by atoms with E-state index in [4.69, 9.17) is 9.97 Å². The Balaban J connectivity index is 2.05. The summed E-state index contributed by atoms with van der Waals surface area (Å²) in [7, 11) is 4.12. The monoisotopic (exact) mass is 218 g/mol. The molecule has 0 unspecified atom stereocenters. The number of anilines is 1. The largest absolute Gasteiger partial charge is 0.362 e. The Labute approximate surface area is 96.1 Å². The average molecular weight is 218 g/mol. The molecule has 1 aromatic rings. The number of aromatic nitrogens is 2. The van der Waals surface area contributed by atoms with Gasteiger partial charge in [0.15, 0.2) is 0 Å². The predicted molar refractivity (Wildman–Crippen MR) is 63.5 cm³/mol. The Hall–Kier alpha value is -1.16. The molecule has 0 spiro atoms. The highest BCUT2D eigenvalue weighted by molar-refractivity contribution is 5.49. The normalized spacial score (nSPS) is 19.4. The number of nitrogens with zero attached hydrogens (tertiary/aromatic N) is 3. The van der Waals surface area contributed by atoms with Gasteiger partial charge in [0.05, 0.1) is 5.69 Å². The molecule has 0 saturated heterocycles. The van der Waals surface area contributed by atoms with Crippen molar-refractivity contribution in [1.29, 1.82) is 0 Å². The van der Waals surface area contributed by atoms with E-state index in [0.29, 0.717) is 5.92 Å². The van der Waals surface area contributed by atoms with Crippen molar-refractivity contribution in [1.82, 2.24) is 15.3 Å². The van der Waals surface area contributed by atoms with Gasteiger partial charge in [-0.25, -0.2) is 9.97 Å². The van der Waals surface area contributed by atoms with Crippen LogP contribution in [-0.4, -0.2) is 24.1 Å². The van der Waals surface area contributed by atoms with Crippen LogP contribution in [0.15, 0.2) is 0 Å². The average Bonchev–Trinajstić information content (AvgIpc) is 2.61. The Bertz CT molecular complexity index is 410. The van der Waals surface area contributed by atoms with Gasteiger partial charge >= 0.3 is 0 Å². The second-order valence-corrected chi connectivity index (χ2v) is 4.96. The summed E-state index contributed by atoms with van der Waals surface area (Å²) in [5, 5.41) is 3.36. The van der Waals surface area contributed by atoms with Crippen molar-refractivity contribution in [3.8, 4) is 0 Å². The molecule has 2 aliphatic rings. The number of fused-ring (bicyclic) bond motifs is 1. The topological polar surface area (TPSA) is 41.1 Å². The van der Waals surface area contributed by atoms with Crippen LogP contribution in [0.3, 0.4) is 0 Å². The van der Waals surface area contributed by atoms with Crippen LogP contribution in [0.5, 0.6) is 0 Å². The molecule has 1 aromatic heterocycles. The van der Waals surface area contributed by atoms with Gasteiger partial charge in [-0.15, -0.1) is 0 Å². The second-order valence-electron chi connectivity index (χ2n) is 4.96. The highest BCUT2D eigenvalue weighted by Gasteiger charge is 2.26. The molecular weight excluding hydrogens is 200 g/mol. The fraction of sp³-hybridized carbons (Fsp3) is 0.667. The summed E-state index contributed by atoms with van der Waals surface area (Å²) in [4.78, 5) is 11.6. The van der Waals surface area contributed by atoms with Gasteiger partial charge < -0.3 is 10.2 Å². The van der Waals surface area contributed by atoms with Crippen LogP contribution in [0.4, 0.5) is 5.82 Å². The molecule has 0 aromatic carbocycles. The summed E-state index contributed by atoms with van der Waals surface area (Å²) in [6, 6.07) is 0. The minimum absolute atomic E-state index is 0.615. The van der Waals surface area contributed by atoms with E-state index < -0.39 is 0 Å². The van der Waals surface area contributed by atoms with Crippen LogP contribution in [0.2, 0.25) is 0 Å². The number of hydrogen-bond donors (Lipinski definition) is 1. The lowest BCUT2D eigenvalue weighted by molar-refractivity contribution is 0.400. The zero-order chi connectivity index (χ0) is 11.1. The van der Waals surface area contributed by atoms with E-state index in [0.717, 1.165) is 24.7 Å². The fourth-order valence-electron chi connectivity index (χ4n) is 2.39. The van der Waals surface area contributed by atoms with E-state index in [1.165, 1.54) is 30.5 Å². The van der Waals surface area contributed by atoms with E-state index in [9.17, 15) is 0 Å². The molecule has 86 valence electrons. The summed E-state index contributed by atoms with van der Waals surface area (Å²) in [6.07, 6.45) is 3.86. The number of nitrogens with one attached hydrogen (secondary N) is 1. The highest BCUT2D eigenvalue weighted by Crippen LogP contribution is 2.36. The summed E-state index contributed by atoms with van der Waals surface area (Å²) in [6.45, 7) is 1.81. The Morgan fingerprint density at radius 3 is 2.62 bits per heavy atom. The van der Waals surface area contributed by atoms with Gasteiger partial charge in [0.2, 0.25) is 0 Å². The highest BCUT2D eigenvalue weighted by atomic mass is 15.2. The minimum Gasteiger partial charge on any atom is -0.362 e. The van der Waals surface area contributed by atoms with E-state index in [1.54, 1.807) is 0 Å². The van der Waals surface area contributed by atoms with Gasteiger partial charge in [-0.1, -0.05) is 6.42 Å². The van der Waals surface area contributed by atoms with Crippen molar-refractivity contribution in [3.63, 3.8) is 0 Å². The van der Waals surface area contributed by atoms with E-state index >= 15 is 0 Å². The third kappa shape index (κ3) is 1.48. The summed E-state index contributed by atoms with van der Waals surface area (Å²) < 4.78 is 0. The van der Waals surface area contributed by atoms with Gasteiger partial charge in [0.25, 0.3) is 0 Å². The maximum atomic E-state index is 4.74. The molecule has 0 amide bonds. The van der Waals surface area contributed by atoms with Gasteiger partial charge in [0.1, 0.15) is 11.6 Å². The van der Waals surface area contributed by atoms with E-state index in [2.05, 4.69) is 24.3 Å². The zero-order valence-electron chi connectivity index (χ0n) is 9.95. The SMILES string of the molecule is CN(C)c1nc(C2CCC2)nc2c1CNC2. The lowest BCUT2D eigenvalue weighted by Gasteiger charge is -2.26. The molecule has 4 heteroatoms. The molecule has 2 heterocycles. The second kappa shape index (κ2) is 3.70. The lowest BCUT2D eigenvalue weighted by atomic mass is 9.85. The third-order valence-electron chi connectivity index (χ3n) is 3.58. The summed E-state index contributed by atoms with van der Waals surface area (Å²) >= 11 is 0. The van der Waals surface area contributed by atoms with E-state index in [1.807, 2.05) is 0 Å². The van der Waals surface area contributed by atoms with Gasteiger partial charge in [-0.3, -0.25) is 0 Å². The molecule has 1 fully saturated rings.